The van der Waals surface area contributed by atoms with Crippen LogP contribution in [0.1, 0.15) is 41.0 Å². The summed E-state index contributed by atoms with van der Waals surface area (Å²) in [6, 6.07) is 2.79. The van der Waals surface area contributed by atoms with E-state index in [1.807, 2.05) is 0 Å². The number of anilines is 2. The molecule has 0 spiro atoms. The van der Waals surface area contributed by atoms with Gasteiger partial charge in [-0.15, -0.1) is 0 Å². The van der Waals surface area contributed by atoms with Crippen molar-refractivity contribution in [3.63, 3.8) is 0 Å². The second kappa shape index (κ2) is 4.96. The van der Waals surface area contributed by atoms with Gasteiger partial charge in [-0.2, -0.15) is 0 Å². The Morgan fingerprint density at radius 3 is 2.28 bits per heavy atom. The van der Waals surface area contributed by atoms with Gasteiger partial charge in [-0.25, -0.2) is 4.39 Å². The van der Waals surface area contributed by atoms with Gasteiger partial charge in [-0.3, -0.25) is 0 Å². The lowest BCUT2D eigenvalue weighted by Crippen LogP contribution is -2.35. The van der Waals surface area contributed by atoms with Crippen LogP contribution < -0.4 is 11.1 Å². The highest BCUT2D eigenvalue weighted by Crippen LogP contribution is 2.33. The molecular weight excluding hydrogens is 251 g/mol. The normalized spacial score (nSPS) is 12.6. The van der Waals surface area contributed by atoms with Crippen molar-refractivity contribution in [2.75, 3.05) is 11.1 Å². The van der Waals surface area contributed by atoms with Crippen LogP contribution in [0.5, 0.6) is 0 Å². The average molecular weight is 273 g/mol. The van der Waals surface area contributed by atoms with Crippen molar-refractivity contribution < 1.29 is 4.39 Å². The second-order valence-corrected chi connectivity index (χ2v) is 7.01. The average Bonchev–Trinajstić information content (AvgIpc) is 2.09. The molecule has 0 aliphatic rings. The molecule has 1 aromatic rings. The third-order valence-corrected chi connectivity index (χ3v) is 2.83. The summed E-state index contributed by atoms with van der Waals surface area (Å²) < 4.78 is 13.2. The summed E-state index contributed by atoms with van der Waals surface area (Å²) in [4.78, 5) is 0. The maximum atomic E-state index is 13.2. The predicted molar refractivity (Wildman–Crippen MR) is 77.6 cm³/mol. The lowest BCUT2D eigenvalue weighted by atomic mass is 9.81. The minimum absolute atomic E-state index is 0.0817. The van der Waals surface area contributed by atoms with Gasteiger partial charge in [-0.1, -0.05) is 32.4 Å². The molecular formula is C14H22ClFN2. The number of nitrogen functional groups attached to an aromatic ring is 1. The Kier molecular flexibility index (Phi) is 4.16. The molecule has 0 heterocycles. The molecule has 2 nitrogen and oxygen atoms in total. The van der Waals surface area contributed by atoms with Crippen molar-refractivity contribution >= 4 is 23.0 Å². The summed E-state index contributed by atoms with van der Waals surface area (Å²) in [5.41, 5.74) is 6.89. The Balaban J connectivity index is 2.94. The number of benzene rings is 1. The minimum atomic E-state index is -0.492. The van der Waals surface area contributed by atoms with E-state index in [0.717, 1.165) is 6.42 Å². The van der Waals surface area contributed by atoms with Crippen molar-refractivity contribution in [2.24, 2.45) is 5.41 Å². The Morgan fingerprint density at radius 1 is 1.22 bits per heavy atom. The molecule has 0 bridgehead atoms. The maximum Gasteiger partial charge on any atom is 0.143 e. The van der Waals surface area contributed by atoms with E-state index in [1.165, 1.54) is 12.1 Å². The molecule has 0 saturated carbocycles. The fraction of sp³-hybridized carbons (Fsp3) is 0.571. The van der Waals surface area contributed by atoms with Gasteiger partial charge in [0.2, 0.25) is 0 Å². The molecule has 0 saturated heterocycles. The van der Waals surface area contributed by atoms with Crippen molar-refractivity contribution in [1.82, 2.24) is 0 Å². The van der Waals surface area contributed by atoms with Gasteiger partial charge in [0.25, 0.3) is 0 Å². The largest absolute Gasteiger partial charge is 0.397 e. The molecule has 0 radical (unpaired) electrons. The number of hydrogen-bond donors (Lipinski definition) is 2. The summed E-state index contributed by atoms with van der Waals surface area (Å²) in [5.74, 6) is -0.492. The van der Waals surface area contributed by atoms with E-state index in [-0.39, 0.29) is 16.0 Å². The van der Waals surface area contributed by atoms with E-state index in [9.17, 15) is 4.39 Å². The van der Waals surface area contributed by atoms with E-state index in [4.69, 9.17) is 17.3 Å². The van der Waals surface area contributed by atoms with E-state index < -0.39 is 5.82 Å². The van der Waals surface area contributed by atoms with Crippen LogP contribution in [-0.4, -0.2) is 5.54 Å². The first-order valence-corrected chi connectivity index (χ1v) is 6.41. The summed E-state index contributed by atoms with van der Waals surface area (Å²) in [6.07, 6.45) is 0.953. The first-order valence-electron chi connectivity index (χ1n) is 6.03. The van der Waals surface area contributed by atoms with Gasteiger partial charge >= 0.3 is 0 Å². The van der Waals surface area contributed by atoms with Crippen LogP contribution in [0.3, 0.4) is 0 Å². The van der Waals surface area contributed by atoms with Gasteiger partial charge in [0, 0.05) is 11.6 Å². The molecule has 0 amide bonds. The number of nitrogens with two attached hydrogens (primary N) is 1. The fourth-order valence-corrected chi connectivity index (χ4v) is 2.57. The highest BCUT2D eigenvalue weighted by molar-refractivity contribution is 6.31. The van der Waals surface area contributed by atoms with Crippen LogP contribution in [0.2, 0.25) is 5.02 Å². The van der Waals surface area contributed by atoms with Crippen molar-refractivity contribution in [3.05, 3.63) is 23.0 Å². The summed E-state index contributed by atoms with van der Waals surface area (Å²) >= 11 is 5.78. The fourth-order valence-electron chi connectivity index (χ4n) is 2.41. The molecule has 0 atom stereocenters. The molecule has 0 unspecified atom stereocenters. The minimum Gasteiger partial charge on any atom is -0.397 e. The van der Waals surface area contributed by atoms with Gasteiger partial charge < -0.3 is 11.1 Å². The first kappa shape index (κ1) is 15.1. The van der Waals surface area contributed by atoms with E-state index in [1.54, 1.807) is 0 Å². The first-order chi connectivity index (χ1) is 8.00. The topological polar surface area (TPSA) is 38.0 Å². The Labute approximate surface area is 114 Å². The molecule has 1 aromatic carbocycles. The highest BCUT2D eigenvalue weighted by Gasteiger charge is 2.26. The molecule has 0 aromatic heterocycles. The predicted octanol–water partition coefficient (Wildman–Crippen LogP) is 4.69. The monoisotopic (exact) mass is 272 g/mol. The number of nitrogens with one attached hydrogen (secondary N) is 1. The molecule has 4 heteroatoms. The summed E-state index contributed by atoms with van der Waals surface area (Å²) in [6.45, 7) is 10.7. The van der Waals surface area contributed by atoms with Crippen molar-refractivity contribution in [3.8, 4) is 0 Å². The van der Waals surface area contributed by atoms with Crippen LogP contribution in [0.4, 0.5) is 15.8 Å². The summed E-state index contributed by atoms with van der Waals surface area (Å²) in [5, 5.41) is 3.42. The van der Waals surface area contributed by atoms with E-state index in [0.29, 0.717) is 11.4 Å². The third kappa shape index (κ3) is 4.37. The zero-order chi connectivity index (χ0) is 14.1. The zero-order valence-electron chi connectivity index (χ0n) is 11.7. The molecule has 0 aliphatic heterocycles. The molecule has 3 N–H and O–H groups in total. The lowest BCUT2D eigenvalue weighted by Gasteiger charge is -2.34. The van der Waals surface area contributed by atoms with Crippen molar-refractivity contribution in [1.29, 1.82) is 0 Å². The molecule has 1 rings (SSSR count). The number of rotatable bonds is 3. The standard InChI is InChI=1S/C14H22ClFN2/c1-13(2,3)8-14(4,5)18-12-6-9(15)10(16)7-11(12)17/h6-7,18H,8,17H2,1-5H3. The van der Waals surface area contributed by atoms with Gasteiger partial charge in [0.05, 0.1) is 16.4 Å². The van der Waals surface area contributed by atoms with Crippen LogP contribution in [0.25, 0.3) is 0 Å². The summed E-state index contributed by atoms with van der Waals surface area (Å²) in [7, 11) is 0. The van der Waals surface area contributed by atoms with E-state index in [2.05, 4.69) is 39.9 Å². The SMILES string of the molecule is CC(C)(C)CC(C)(C)Nc1cc(Cl)c(F)cc1N. The Bertz CT molecular complexity index is 436. The van der Waals surface area contributed by atoms with E-state index >= 15 is 0 Å². The lowest BCUT2D eigenvalue weighted by molar-refractivity contribution is 0.302. The van der Waals surface area contributed by atoms with Gasteiger partial charge in [0.1, 0.15) is 5.82 Å². The molecule has 102 valence electrons. The highest BCUT2D eigenvalue weighted by atomic mass is 35.5. The smallest absolute Gasteiger partial charge is 0.143 e. The quantitative estimate of drug-likeness (QED) is 0.784. The maximum absolute atomic E-state index is 13.2. The Hall–Kier alpha value is -0.960. The molecule has 0 aliphatic carbocycles. The Morgan fingerprint density at radius 2 is 1.78 bits per heavy atom. The third-order valence-electron chi connectivity index (χ3n) is 2.54. The van der Waals surface area contributed by atoms with Crippen LogP contribution in [0.15, 0.2) is 12.1 Å². The van der Waals surface area contributed by atoms with Crippen molar-refractivity contribution in [2.45, 2.75) is 46.6 Å². The van der Waals surface area contributed by atoms with Crippen LogP contribution >= 0.6 is 11.6 Å². The second-order valence-electron chi connectivity index (χ2n) is 6.60. The number of halogens is 2. The molecule has 0 fully saturated rings. The number of hydrogen-bond acceptors (Lipinski definition) is 2. The zero-order valence-corrected chi connectivity index (χ0v) is 12.5. The molecule has 18 heavy (non-hydrogen) atoms. The van der Waals surface area contributed by atoms with Crippen LogP contribution in [0, 0.1) is 11.2 Å². The van der Waals surface area contributed by atoms with Gasteiger partial charge in [-0.05, 0) is 31.7 Å². The van der Waals surface area contributed by atoms with Crippen LogP contribution in [-0.2, 0) is 0 Å². The van der Waals surface area contributed by atoms with Gasteiger partial charge in [0.15, 0.2) is 0 Å².